The molecular formula is C32H40N2O3. The number of nitrogens with one attached hydrogen (secondary N) is 1. The van der Waals surface area contributed by atoms with Crippen LogP contribution in [0.1, 0.15) is 55.9 Å². The van der Waals surface area contributed by atoms with Crippen LogP contribution in [-0.2, 0) is 22.6 Å². The monoisotopic (exact) mass is 500 g/mol. The fraction of sp³-hybridized carbons (Fsp3) is 0.375. The summed E-state index contributed by atoms with van der Waals surface area (Å²) in [6, 6.07) is 25.2. The molecule has 0 spiro atoms. The summed E-state index contributed by atoms with van der Waals surface area (Å²) in [6.45, 7) is 10.8. The molecule has 2 amide bonds. The van der Waals surface area contributed by atoms with Gasteiger partial charge in [0, 0.05) is 24.9 Å². The fourth-order valence-electron chi connectivity index (χ4n) is 4.17. The Hall–Kier alpha value is -3.60. The number of benzene rings is 3. The molecule has 0 fully saturated rings. The minimum absolute atomic E-state index is 0.0549. The lowest BCUT2D eigenvalue weighted by molar-refractivity contribution is -0.142. The fourth-order valence-corrected chi connectivity index (χ4v) is 4.17. The van der Waals surface area contributed by atoms with E-state index in [1.54, 1.807) is 4.90 Å². The predicted molar refractivity (Wildman–Crippen MR) is 149 cm³/mol. The largest absolute Gasteiger partial charge is 0.494 e. The lowest BCUT2D eigenvalue weighted by Crippen LogP contribution is -2.54. The SMILES string of the molecule is Cc1ccc(OCCCC(=O)N(Cc2ccccc2C)[C@@H](Cc2ccccc2)C(=O)NC(C)(C)C)cc1. The average Bonchev–Trinajstić information content (AvgIpc) is 2.85. The van der Waals surface area contributed by atoms with E-state index in [2.05, 4.69) is 5.32 Å². The van der Waals surface area contributed by atoms with Crippen LogP contribution in [0, 0.1) is 13.8 Å². The molecule has 3 aromatic rings. The van der Waals surface area contributed by atoms with E-state index in [1.807, 2.05) is 113 Å². The van der Waals surface area contributed by atoms with E-state index >= 15 is 0 Å². The van der Waals surface area contributed by atoms with E-state index in [0.717, 1.165) is 22.4 Å². The van der Waals surface area contributed by atoms with Crippen molar-refractivity contribution < 1.29 is 14.3 Å². The number of nitrogens with zero attached hydrogens (tertiary/aromatic N) is 1. The number of rotatable bonds is 11. The summed E-state index contributed by atoms with van der Waals surface area (Å²) in [5, 5.41) is 3.11. The van der Waals surface area contributed by atoms with Crippen molar-refractivity contribution in [3.8, 4) is 5.75 Å². The third-order valence-electron chi connectivity index (χ3n) is 6.20. The van der Waals surface area contributed by atoms with Crippen LogP contribution in [0.25, 0.3) is 0 Å². The molecule has 0 aliphatic rings. The summed E-state index contributed by atoms with van der Waals surface area (Å²) < 4.78 is 5.85. The summed E-state index contributed by atoms with van der Waals surface area (Å²) in [4.78, 5) is 29.1. The Morgan fingerprint density at radius 2 is 1.54 bits per heavy atom. The van der Waals surface area contributed by atoms with E-state index < -0.39 is 11.6 Å². The van der Waals surface area contributed by atoms with Crippen molar-refractivity contribution in [1.29, 1.82) is 0 Å². The summed E-state index contributed by atoms with van der Waals surface area (Å²) >= 11 is 0. The van der Waals surface area contributed by atoms with Gasteiger partial charge in [0.05, 0.1) is 6.61 Å². The first-order chi connectivity index (χ1) is 17.6. The number of hydrogen-bond donors (Lipinski definition) is 1. The van der Waals surface area contributed by atoms with Gasteiger partial charge in [-0.1, -0.05) is 72.3 Å². The molecule has 0 radical (unpaired) electrons. The lowest BCUT2D eigenvalue weighted by atomic mass is 9.99. The van der Waals surface area contributed by atoms with Crippen LogP contribution < -0.4 is 10.1 Å². The van der Waals surface area contributed by atoms with Crippen LogP contribution in [0.4, 0.5) is 0 Å². The lowest BCUT2D eigenvalue weighted by Gasteiger charge is -2.34. The smallest absolute Gasteiger partial charge is 0.243 e. The molecule has 3 aromatic carbocycles. The number of ether oxygens (including phenoxy) is 1. The summed E-state index contributed by atoms with van der Waals surface area (Å²) in [5.74, 6) is 0.594. The van der Waals surface area contributed by atoms with Crippen LogP contribution >= 0.6 is 0 Å². The van der Waals surface area contributed by atoms with Crippen molar-refractivity contribution in [3.63, 3.8) is 0 Å². The van der Waals surface area contributed by atoms with Gasteiger partial charge in [0.15, 0.2) is 0 Å². The van der Waals surface area contributed by atoms with E-state index in [4.69, 9.17) is 4.74 Å². The van der Waals surface area contributed by atoms with Crippen molar-refractivity contribution >= 4 is 11.8 Å². The molecule has 0 unspecified atom stereocenters. The van der Waals surface area contributed by atoms with Crippen molar-refractivity contribution in [2.24, 2.45) is 0 Å². The molecule has 5 heteroatoms. The normalized spacial score (nSPS) is 12.0. The second kappa shape index (κ2) is 13.1. The second-order valence-electron chi connectivity index (χ2n) is 10.7. The zero-order valence-corrected chi connectivity index (χ0v) is 22.8. The zero-order chi connectivity index (χ0) is 26.8. The molecule has 3 rings (SSSR count). The van der Waals surface area contributed by atoms with E-state index in [0.29, 0.717) is 32.4 Å². The number of amides is 2. The van der Waals surface area contributed by atoms with Crippen LogP contribution in [0.5, 0.6) is 5.75 Å². The molecule has 0 bridgehead atoms. The molecular weight excluding hydrogens is 460 g/mol. The minimum Gasteiger partial charge on any atom is -0.494 e. The van der Waals surface area contributed by atoms with Crippen LogP contribution in [0.15, 0.2) is 78.9 Å². The maximum absolute atomic E-state index is 13.7. The molecule has 0 aromatic heterocycles. The first-order valence-electron chi connectivity index (χ1n) is 13.0. The van der Waals surface area contributed by atoms with Gasteiger partial charge in [-0.25, -0.2) is 0 Å². The van der Waals surface area contributed by atoms with E-state index in [-0.39, 0.29) is 11.8 Å². The highest BCUT2D eigenvalue weighted by Gasteiger charge is 2.32. The highest BCUT2D eigenvalue weighted by atomic mass is 16.5. The Morgan fingerprint density at radius 3 is 2.19 bits per heavy atom. The molecule has 0 heterocycles. The maximum atomic E-state index is 13.7. The molecule has 0 aliphatic heterocycles. The van der Waals surface area contributed by atoms with Crippen molar-refractivity contribution in [1.82, 2.24) is 10.2 Å². The number of aryl methyl sites for hydroxylation is 2. The Labute approximate surface area is 221 Å². The first-order valence-corrected chi connectivity index (χ1v) is 13.0. The van der Waals surface area contributed by atoms with Crippen molar-refractivity contribution in [3.05, 3.63) is 101 Å². The highest BCUT2D eigenvalue weighted by Crippen LogP contribution is 2.19. The van der Waals surface area contributed by atoms with Crippen molar-refractivity contribution in [2.45, 2.75) is 72.0 Å². The van der Waals surface area contributed by atoms with Crippen LogP contribution in [-0.4, -0.2) is 34.9 Å². The van der Waals surface area contributed by atoms with Gasteiger partial charge < -0.3 is 15.0 Å². The quantitative estimate of drug-likeness (QED) is 0.328. The van der Waals surface area contributed by atoms with E-state index in [9.17, 15) is 9.59 Å². The summed E-state index contributed by atoms with van der Waals surface area (Å²) in [7, 11) is 0. The molecule has 0 aliphatic carbocycles. The summed E-state index contributed by atoms with van der Waals surface area (Å²) in [5.41, 5.74) is 3.91. The van der Waals surface area contributed by atoms with Crippen molar-refractivity contribution in [2.75, 3.05) is 6.61 Å². The molecule has 37 heavy (non-hydrogen) atoms. The number of carbonyl (C=O) groups excluding carboxylic acids is 2. The minimum atomic E-state index is -0.633. The Kier molecular flexibility index (Phi) is 9.90. The number of carbonyl (C=O) groups is 2. The van der Waals surface area contributed by atoms with Gasteiger partial charge in [-0.3, -0.25) is 9.59 Å². The average molecular weight is 501 g/mol. The van der Waals surface area contributed by atoms with Gasteiger partial charge in [-0.05, 0) is 69.9 Å². The van der Waals surface area contributed by atoms with E-state index in [1.165, 1.54) is 5.56 Å². The molecule has 0 saturated carbocycles. The molecule has 196 valence electrons. The third-order valence-corrected chi connectivity index (χ3v) is 6.20. The Morgan fingerprint density at radius 1 is 0.892 bits per heavy atom. The zero-order valence-electron chi connectivity index (χ0n) is 22.8. The van der Waals surface area contributed by atoms with Gasteiger partial charge in [0.2, 0.25) is 11.8 Å². The highest BCUT2D eigenvalue weighted by molar-refractivity contribution is 5.88. The molecule has 1 atom stereocenters. The summed E-state index contributed by atoms with van der Waals surface area (Å²) in [6.07, 6.45) is 1.31. The second-order valence-corrected chi connectivity index (χ2v) is 10.7. The number of hydrogen-bond acceptors (Lipinski definition) is 3. The standard InChI is InChI=1S/C32H40N2O3/c1-24-17-19-28(20-18-24)37-21-11-16-30(35)34(23-27-15-10-9-12-25(27)2)29(31(36)33-32(3,4)5)22-26-13-7-6-8-14-26/h6-10,12-15,17-20,29H,11,16,21-23H2,1-5H3,(H,33,36)/t29-/m0/s1. The molecule has 1 N–H and O–H groups in total. The Bertz CT molecular complexity index is 1150. The topological polar surface area (TPSA) is 58.6 Å². The molecule has 5 nitrogen and oxygen atoms in total. The maximum Gasteiger partial charge on any atom is 0.243 e. The van der Waals surface area contributed by atoms with Gasteiger partial charge in [-0.15, -0.1) is 0 Å². The van der Waals surface area contributed by atoms with Gasteiger partial charge >= 0.3 is 0 Å². The van der Waals surface area contributed by atoms with Gasteiger partial charge in [-0.2, -0.15) is 0 Å². The first kappa shape index (κ1) is 28.0. The molecule has 0 saturated heterocycles. The third kappa shape index (κ3) is 9.09. The Balaban J connectivity index is 1.81. The van der Waals surface area contributed by atoms with Gasteiger partial charge in [0.25, 0.3) is 0 Å². The van der Waals surface area contributed by atoms with Crippen LogP contribution in [0.2, 0.25) is 0 Å². The predicted octanol–water partition coefficient (Wildman–Crippen LogP) is 6.02. The van der Waals surface area contributed by atoms with Gasteiger partial charge in [0.1, 0.15) is 11.8 Å². The van der Waals surface area contributed by atoms with Crippen LogP contribution in [0.3, 0.4) is 0 Å².